The third-order valence-corrected chi connectivity index (χ3v) is 3.90. The van der Waals surface area contributed by atoms with Gasteiger partial charge in [0.1, 0.15) is 0 Å². The molecule has 1 atom stereocenters. The van der Waals surface area contributed by atoms with Gasteiger partial charge in [-0.05, 0) is 17.7 Å². The number of benzene rings is 1. The van der Waals surface area contributed by atoms with Gasteiger partial charge in [0, 0.05) is 37.1 Å². The second kappa shape index (κ2) is 8.36. The molecule has 0 aliphatic carbocycles. The van der Waals surface area contributed by atoms with E-state index >= 15 is 0 Å². The Balaban J connectivity index is 0.00000242. The lowest BCUT2D eigenvalue weighted by Crippen LogP contribution is -2.53. The van der Waals surface area contributed by atoms with Gasteiger partial charge >= 0.3 is 0 Å². The van der Waals surface area contributed by atoms with Crippen molar-refractivity contribution in [3.05, 3.63) is 34.9 Å². The van der Waals surface area contributed by atoms with Gasteiger partial charge in [-0.15, -0.1) is 12.4 Å². The van der Waals surface area contributed by atoms with Gasteiger partial charge in [-0.2, -0.15) is 0 Å². The van der Waals surface area contributed by atoms with Crippen LogP contribution in [0.4, 0.5) is 0 Å². The van der Waals surface area contributed by atoms with Crippen molar-refractivity contribution in [1.29, 1.82) is 0 Å². The fourth-order valence-corrected chi connectivity index (χ4v) is 2.54. The van der Waals surface area contributed by atoms with Crippen LogP contribution < -0.4 is 5.73 Å². The molecule has 1 heterocycles. The van der Waals surface area contributed by atoms with Crippen molar-refractivity contribution in [3.8, 4) is 0 Å². The zero-order valence-corrected chi connectivity index (χ0v) is 14.1. The molecule has 2 N–H and O–H groups in total. The van der Waals surface area contributed by atoms with Crippen LogP contribution in [0.5, 0.6) is 0 Å². The fraction of sp³-hybridized carbons (Fsp3) is 0.467. The average Bonchev–Trinajstić information content (AvgIpc) is 2.48. The van der Waals surface area contributed by atoms with E-state index in [9.17, 15) is 9.59 Å². The normalized spacial score (nSPS) is 16.2. The summed E-state index contributed by atoms with van der Waals surface area (Å²) >= 11 is 5.95. The molecule has 1 unspecified atom stereocenters. The highest BCUT2D eigenvalue weighted by atomic mass is 35.5. The summed E-state index contributed by atoms with van der Waals surface area (Å²) in [6.07, 6.45) is 0. The molecule has 2 rings (SSSR count). The van der Waals surface area contributed by atoms with Crippen LogP contribution in [0, 0.1) is 5.92 Å². The van der Waals surface area contributed by atoms with Gasteiger partial charge in [0.15, 0.2) is 0 Å². The van der Waals surface area contributed by atoms with Gasteiger partial charge in [-0.25, -0.2) is 0 Å². The standard InChI is InChI=1S/C15H20ClN3O2.ClH/c1-11(8-17)15(21)19-6-5-18(14(20)10-19)9-12-3-2-4-13(16)7-12;/h2-4,7,11H,5-6,8-10,17H2,1H3;1H. The molecule has 0 spiro atoms. The molecule has 122 valence electrons. The second-order valence-corrected chi connectivity index (χ2v) is 5.78. The molecular formula is C15H21Cl2N3O2. The zero-order chi connectivity index (χ0) is 15.4. The van der Waals surface area contributed by atoms with Crippen LogP contribution in [-0.4, -0.2) is 47.8 Å². The molecule has 2 amide bonds. The molecule has 1 aromatic rings. The van der Waals surface area contributed by atoms with Crippen molar-refractivity contribution in [2.24, 2.45) is 11.7 Å². The number of hydrogen-bond donors (Lipinski definition) is 1. The Morgan fingerprint density at radius 3 is 2.73 bits per heavy atom. The highest BCUT2D eigenvalue weighted by molar-refractivity contribution is 6.30. The number of hydrogen-bond acceptors (Lipinski definition) is 3. The van der Waals surface area contributed by atoms with Gasteiger partial charge in [0.25, 0.3) is 0 Å². The Labute approximate surface area is 141 Å². The molecule has 0 radical (unpaired) electrons. The first kappa shape index (κ1) is 18.7. The van der Waals surface area contributed by atoms with Crippen molar-refractivity contribution < 1.29 is 9.59 Å². The minimum atomic E-state index is -0.239. The Morgan fingerprint density at radius 2 is 2.14 bits per heavy atom. The van der Waals surface area contributed by atoms with Crippen molar-refractivity contribution in [1.82, 2.24) is 9.80 Å². The zero-order valence-electron chi connectivity index (χ0n) is 12.5. The molecule has 1 saturated heterocycles. The van der Waals surface area contributed by atoms with Crippen molar-refractivity contribution in [2.45, 2.75) is 13.5 Å². The quantitative estimate of drug-likeness (QED) is 0.899. The van der Waals surface area contributed by atoms with Crippen molar-refractivity contribution in [3.63, 3.8) is 0 Å². The molecule has 5 nitrogen and oxygen atoms in total. The Kier molecular flexibility index (Phi) is 7.13. The molecule has 1 aliphatic rings. The Bertz CT molecular complexity index is 539. The molecular weight excluding hydrogens is 325 g/mol. The largest absolute Gasteiger partial charge is 0.335 e. The summed E-state index contributed by atoms with van der Waals surface area (Å²) in [5.41, 5.74) is 6.49. The number of nitrogens with two attached hydrogens (primary N) is 1. The third kappa shape index (κ3) is 4.60. The Hall–Kier alpha value is -1.30. The molecule has 1 fully saturated rings. The first-order chi connectivity index (χ1) is 10.0. The number of carbonyl (C=O) groups is 2. The highest BCUT2D eigenvalue weighted by Crippen LogP contribution is 2.15. The van der Waals surface area contributed by atoms with E-state index in [4.69, 9.17) is 17.3 Å². The van der Waals surface area contributed by atoms with Gasteiger partial charge in [-0.3, -0.25) is 9.59 Å². The lowest BCUT2D eigenvalue weighted by Gasteiger charge is -2.35. The number of carbonyl (C=O) groups excluding carboxylic acids is 2. The predicted octanol–water partition coefficient (Wildman–Crippen LogP) is 1.53. The van der Waals surface area contributed by atoms with Crippen LogP contribution >= 0.6 is 24.0 Å². The topological polar surface area (TPSA) is 66.6 Å². The first-order valence-corrected chi connectivity index (χ1v) is 7.40. The fourth-order valence-electron chi connectivity index (χ4n) is 2.33. The number of halogens is 2. The van der Waals surface area contributed by atoms with E-state index in [1.165, 1.54) is 0 Å². The van der Waals surface area contributed by atoms with E-state index in [0.717, 1.165) is 5.56 Å². The molecule has 1 aliphatic heterocycles. The van der Waals surface area contributed by atoms with Crippen LogP contribution in [0.1, 0.15) is 12.5 Å². The smallest absolute Gasteiger partial charge is 0.242 e. The summed E-state index contributed by atoms with van der Waals surface area (Å²) in [6.45, 7) is 3.82. The van der Waals surface area contributed by atoms with Gasteiger partial charge < -0.3 is 15.5 Å². The van der Waals surface area contributed by atoms with Gasteiger partial charge in [0.05, 0.1) is 6.54 Å². The van der Waals surface area contributed by atoms with Crippen LogP contribution in [0.3, 0.4) is 0 Å². The van der Waals surface area contributed by atoms with Crippen LogP contribution in [0.2, 0.25) is 5.02 Å². The van der Waals surface area contributed by atoms with E-state index in [-0.39, 0.29) is 36.7 Å². The maximum absolute atomic E-state index is 12.2. The van der Waals surface area contributed by atoms with Crippen molar-refractivity contribution in [2.75, 3.05) is 26.2 Å². The summed E-state index contributed by atoms with van der Waals surface area (Å²) in [5.74, 6) is -0.329. The first-order valence-electron chi connectivity index (χ1n) is 7.02. The van der Waals surface area contributed by atoms with E-state index in [1.807, 2.05) is 18.2 Å². The van der Waals surface area contributed by atoms with Crippen LogP contribution in [0.25, 0.3) is 0 Å². The summed E-state index contributed by atoms with van der Waals surface area (Å²) in [5, 5.41) is 0.658. The summed E-state index contributed by atoms with van der Waals surface area (Å²) in [6, 6.07) is 7.46. The van der Waals surface area contributed by atoms with Gasteiger partial charge in [-0.1, -0.05) is 30.7 Å². The number of rotatable bonds is 4. The maximum atomic E-state index is 12.2. The summed E-state index contributed by atoms with van der Waals surface area (Å²) in [4.78, 5) is 27.6. The Morgan fingerprint density at radius 1 is 1.41 bits per heavy atom. The van der Waals surface area contributed by atoms with E-state index in [1.54, 1.807) is 22.8 Å². The minimum Gasteiger partial charge on any atom is -0.335 e. The molecule has 0 aromatic heterocycles. The molecule has 0 saturated carbocycles. The SMILES string of the molecule is CC(CN)C(=O)N1CCN(Cc2cccc(Cl)c2)C(=O)C1.Cl. The average molecular weight is 346 g/mol. The lowest BCUT2D eigenvalue weighted by atomic mass is 10.1. The van der Waals surface area contributed by atoms with E-state index in [0.29, 0.717) is 31.2 Å². The van der Waals surface area contributed by atoms with Gasteiger partial charge in [0.2, 0.25) is 11.8 Å². The van der Waals surface area contributed by atoms with Crippen LogP contribution in [-0.2, 0) is 16.1 Å². The van der Waals surface area contributed by atoms with Crippen molar-refractivity contribution >= 4 is 35.8 Å². The summed E-state index contributed by atoms with van der Waals surface area (Å²) < 4.78 is 0. The molecule has 7 heteroatoms. The molecule has 22 heavy (non-hydrogen) atoms. The third-order valence-electron chi connectivity index (χ3n) is 3.67. The predicted molar refractivity (Wildman–Crippen MR) is 88.9 cm³/mol. The van der Waals surface area contributed by atoms with Crippen LogP contribution in [0.15, 0.2) is 24.3 Å². The molecule has 0 bridgehead atoms. The minimum absolute atomic E-state index is 0. The second-order valence-electron chi connectivity index (χ2n) is 5.34. The maximum Gasteiger partial charge on any atom is 0.242 e. The number of nitrogens with zero attached hydrogens (tertiary/aromatic N) is 2. The molecule has 1 aromatic carbocycles. The summed E-state index contributed by atoms with van der Waals surface area (Å²) in [7, 11) is 0. The number of amides is 2. The van der Waals surface area contributed by atoms with E-state index < -0.39 is 0 Å². The highest BCUT2D eigenvalue weighted by Gasteiger charge is 2.28. The van der Waals surface area contributed by atoms with E-state index in [2.05, 4.69) is 0 Å². The lowest BCUT2D eigenvalue weighted by molar-refractivity contribution is -0.147. The monoisotopic (exact) mass is 345 g/mol. The number of piperazine rings is 1.